The van der Waals surface area contributed by atoms with Crippen LogP contribution in [0.5, 0.6) is 11.5 Å². The van der Waals surface area contributed by atoms with Gasteiger partial charge in [0.1, 0.15) is 11.5 Å². The zero-order valence-corrected chi connectivity index (χ0v) is 20.4. The first-order valence-electron chi connectivity index (χ1n) is 10.8. The van der Waals surface area contributed by atoms with E-state index < -0.39 is 0 Å². The van der Waals surface area contributed by atoms with Crippen LogP contribution < -0.4 is 15.0 Å². The van der Waals surface area contributed by atoms with Crippen LogP contribution in [0, 0.1) is 0 Å². The Morgan fingerprint density at radius 3 is 2.53 bits per heavy atom. The summed E-state index contributed by atoms with van der Waals surface area (Å²) in [6.07, 6.45) is 4.43. The Hall–Kier alpha value is -2.87. The maximum absolute atomic E-state index is 13.9. The van der Waals surface area contributed by atoms with Crippen LogP contribution in [0.4, 0.5) is 0 Å². The number of pyridine rings is 2. The number of halogens is 2. The van der Waals surface area contributed by atoms with Gasteiger partial charge in [0.25, 0.3) is 5.56 Å². The Morgan fingerprint density at radius 1 is 1.24 bits per heavy atom. The Labute approximate surface area is 206 Å². The van der Waals surface area contributed by atoms with Crippen LogP contribution in [0.3, 0.4) is 0 Å². The maximum atomic E-state index is 13.9. The minimum atomic E-state index is -0.263. The Kier molecular flexibility index (Phi) is 7.26. The summed E-state index contributed by atoms with van der Waals surface area (Å²) in [4.78, 5) is 30.1. The molecule has 3 aromatic rings. The lowest BCUT2D eigenvalue weighted by Crippen LogP contribution is -2.27. The van der Waals surface area contributed by atoms with Crippen molar-refractivity contribution in [1.29, 1.82) is 0 Å². The summed E-state index contributed by atoms with van der Waals surface area (Å²) in [6, 6.07) is 4.99. The van der Waals surface area contributed by atoms with Crippen molar-refractivity contribution in [3.05, 3.63) is 63.1 Å². The number of benzene rings is 1. The normalized spacial score (nSPS) is 15.5. The third kappa shape index (κ3) is 4.43. The van der Waals surface area contributed by atoms with Gasteiger partial charge in [-0.05, 0) is 31.1 Å². The second-order valence-electron chi connectivity index (χ2n) is 7.94. The van der Waals surface area contributed by atoms with Crippen molar-refractivity contribution in [2.75, 3.05) is 27.4 Å². The van der Waals surface area contributed by atoms with Gasteiger partial charge in [-0.25, -0.2) is 0 Å². The first kappa shape index (κ1) is 24.3. The molecular formula is C25H24Cl2N2O5. The molecule has 0 saturated carbocycles. The molecule has 1 atom stereocenters. The Morgan fingerprint density at radius 2 is 1.94 bits per heavy atom. The molecule has 34 heavy (non-hydrogen) atoms. The molecule has 9 heteroatoms. The zero-order valence-electron chi connectivity index (χ0n) is 18.9. The number of aryl methyl sites for hydroxylation is 1. The minimum absolute atomic E-state index is 0.0601. The molecule has 0 amide bonds. The monoisotopic (exact) mass is 502 g/mol. The predicted molar refractivity (Wildman–Crippen MR) is 133 cm³/mol. The van der Waals surface area contributed by atoms with Gasteiger partial charge in [-0.15, -0.1) is 0 Å². The number of rotatable bonds is 8. The van der Waals surface area contributed by atoms with Crippen molar-refractivity contribution in [2.24, 2.45) is 0 Å². The molecule has 7 nitrogen and oxygen atoms in total. The third-order valence-electron chi connectivity index (χ3n) is 5.95. The zero-order chi connectivity index (χ0) is 24.4. The highest BCUT2D eigenvalue weighted by atomic mass is 35.5. The van der Waals surface area contributed by atoms with Crippen LogP contribution in [-0.4, -0.2) is 42.8 Å². The molecule has 1 unspecified atom stereocenters. The van der Waals surface area contributed by atoms with Gasteiger partial charge in [0.2, 0.25) is 0 Å². The molecule has 0 radical (unpaired) electrons. The lowest BCUT2D eigenvalue weighted by molar-refractivity contribution is -0.114. The molecule has 2 aromatic heterocycles. The van der Waals surface area contributed by atoms with Crippen molar-refractivity contribution < 1.29 is 19.0 Å². The van der Waals surface area contributed by atoms with Crippen molar-refractivity contribution in [3.63, 3.8) is 0 Å². The standard InChI is InChI=1S/C25H24Cl2N2O5/c1-4-17(30)6-5-15-10-19-14(12-28-15)9-18(25(31)29(19)16-7-8-34-13-16)22-23(26)20(32-2)11-21(33-3)24(22)27/h4,9-12,16H,1,5-8,13H2,2-3H3. The van der Waals surface area contributed by atoms with E-state index in [2.05, 4.69) is 11.6 Å². The lowest BCUT2D eigenvalue weighted by atomic mass is 10.0. The van der Waals surface area contributed by atoms with E-state index in [1.165, 1.54) is 20.3 Å². The van der Waals surface area contributed by atoms with E-state index in [-0.39, 0.29) is 27.4 Å². The number of ether oxygens (including phenoxy) is 3. The summed E-state index contributed by atoms with van der Waals surface area (Å²) in [7, 11) is 2.96. The van der Waals surface area contributed by atoms with Crippen LogP contribution >= 0.6 is 23.2 Å². The topological polar surface area (TPSA) is 79.7 Å². The molecule has 0 spiro atoms. The predicted octanol–water partition coefficient (Wildman–Crippen LogP) is 5.04. The van der Waals surface area contributed by atoms with Crippen LogP contribution in [0.25, 0.3) is 22.0 Å². The smallest absolute Gasteiger partial charge is 0.259 e. The highest BCUT2D eigenvalue weighted by molar-refractivity contribution is 6.41. The average molecular weight is 503 g/mol. The number of fused-ring (bicyclic) bond motifs is 1. The highest BCUT2D eigenvalue weighted by Crippen LogP contribution is 2.45. The van der Waals surface area contributed by atoms with Gasteiger partial charge in [0.05, 0.1) is 48.0 Å². The van der Waals surface area contributed by atoms with Gasteiger partial charge in [-0.1, -0.05) is 29.8 Å². The number of aromatic nitrogens is 2. The van der Waals surface area contributed by atoms with E-state index in [9.17, 15) is 9.59 Å². The Balaban J connectivity index is 1.97. The SMILES string of the molecule is C=CC(=O)CCc1cc2c(cn1)cc(-c1c(Cl)c(OC)cc(OC)c1Cl)c(=O)n2C1CCOC1. The molecule has 4 rings (SSSR count). The highest BCUT2D eigenvalue weighted by Gasteiger charge is 2.26. The fourth-order valence-electron chi connectivity index (χ4n) is 4.15. The van der Waals surface area contributed by atoms with E-state index in [1.54, 1.807) is 22.9 Å². The van der Waals surface area contributed by atoms with E-state index >= 15 is 0 Å². The fourth-order valence-corrected chi connectivity index (χ4v) is 4.86. The fraction of sp³-hybridized carbons (Fsp3) is 0.320. The average Bonchev–Trinajstić information content (AvgIpc) is 3.37. The molecule has 1 fully saturated rings. The molecule has 0 bridgehead atoms. The van der Waals surface area contributed by atoms with E-state index in [1.807, 2.05) is 6.07 Å². The van der Waals surface area contributed by atoms with Crippen LogP contribution in [-0.2, 0) is 16.0 Å². The second-order valence-corrected chi connectivity index (χ2v) is 8.70. The third-order valence-corrected chi connectivity index (χ3v) is 6.70. The first-order chi connectivity index (χ1) is 16.4. The van der Waals surface area contributed by atoms with Gasteiger partial charge in [0, 0.05) is 41.9 Å². The minimum Gasteiger partial charge on any atom is -0.495 e. The molecule has 3 heterocycles. The summed E-state index contributed by atoms with van der Waals surface area (Å²) < 4.78 is 18.1. The number of methoxy groups -OCH3 is 2. The molecule has 1 aromatic carbocycles. The van der Waals surface area contributed by atoms with Gasteiger partial charge < -0.3 is 18.8 Å². The number of hydrogen-bond donors (Lipinski definition) is 0. The summed E-state index contributed by atoms with van der Waals surface area (Å²) in [5.41, 5.74) is 1.80. The quantitative estimate of drug-likeness (QED) is 0.401. The maximum Gasteiger partial charge on any atom is 0.259 e. The van der Waals surface area contributed by atoms with Crippen molar-refractivity contribution >= 4 is 39.9 Å². The summed E-state index contributed by atoms with van der Waals surface area (Å²) >= 11 is 13.3. The van der Waals surface area contributed by atoms with E-state index in [0.717, 1.165) is 5.39 Å². The van der Waals surface area contributed by atoms with Crippen LogP contribution in [0.2, 0.25) is 10.0 Å². The first-order valence-corrected chi connectivity index (χ1v) is 11.5. The van der Waals surface area contributed by atoms with Crippen LogP contribution in [0.15, 0.2) is 41.8 Å². The van der Waals surface area contributed by atoms with Crippen LogP contribution in [0.1, 0.15) is 24.6 Å². The molecule has 0 N–H and O–H groups in total. The number of carbonyl (C=O) groups excluding carboxylic acids is 1. The number of allylic oxidation sites excluding steroid dienone is 1. The van der Waals surface area contributed by atoms with E-state index in [0.29, 0.717) is 66.3 Å². The number of hydrogen-bond acceptors (Lipinski definition) is 6. The molecule has 0 aliphatic carbocycles. The Bertz CT molecular complexity index is 1300. The second kappa shape index (κ2) is 10.2. The van der Waals surface area contributed by atoms with Crippen molar-refractivity contribution in [3.8, 4) is 22.6 Å². The molecule has 1 aliphatic heterocycles. The van der Waals surface area contributed by atoms with Gasteiger partial charge in [-0.2, -0.15) is 0 Å². The van der Waals surface area contributed by atoms with Gasteiger partial charge in [0.15, 0.2) is 5.78 Å². The largest absolute Gasteiger partial charge is 0.495 e. The summed E-state index contributed by atoms with van der Waals surface area (Å²) in [6.45, 7) is 4.48. The molecule has 178 valence electrons. The molecular weight excluding hydrogens is 479 g/mol. The summed E-state index contributed by atoms with van der Waals surface area (Å²) in [5, 5.41) is 1.16. The number of ketones is 1. The molecule has 1 aliphatic rings. The van der Waals surface area contributed by atoms with Crippen molar-refractivity contribution in [1.82, 2.24) is 9.55 Å². The number of nitrogens with zero attached hydrogens (tertiary/aromatic N) is 2. The number of carbonyl (C=O) groups is 1. The van der Waals surface area contributed by atoms with E-state index in [4.69, 9.17) is 37.4 Å². The van der Waals surface area contributed by atoms with Gasteiger partial charge in [-0.3, -0.25) is 14.6 Å². The van der Waals surface area contributed by atoms with Gasteiger partial charge >= 0.3 is 0 Å². The lowest BCUT2D eigenvalue weighted by Gasteiger charge is -2.20. The summed E-state index contributed by atoms with van der Waals surface area (Å²) in [5.74, 6) is 0.622. The van der Waals surface area contributed by atoms with Crippen molar-refractivity contribution in [2.45, 2.75) is 25.3 Å². The molecule has 1 saturated heterocycles.